The smallest absolute Gasteiger partial charge is 0.224 e. The SMILES string of the molecule is CC1(C)CC(C(=O)CCl)N2C(=O)CCCC2(C)N1. The van der Waals surface area contributed by atoms with Crippen LogP contribution in [0.15, 0.2) is 0 Å². The van der Waals surface area contributed by atoms with Crippen LogP contribution in [0.3, 0.4) is 0 Å². The summed E-state index contributed by atoms with van der Waals surface area (Å²) < 4.78 is 0. The second-order valence-corrected chi connectivity index (χ2v) is 6.49. The normalized spacial score (nSPS) is 35.2. The Morgan fingerprint density at radius 3 is 2.78 bits per heavy atom. The van der Waals surface area contributed by atoms with Crippen molar-refractivity contribution >= 4 is 23.3 Å². The second-order valence-electron chi connectivity index (χ2n) is 6.22. The first-order valence-corrected chi connectivity index (χ1v) is 7.03. The third-order valence-electron chi connectivity index (χ3n) is 3.98. The molecule has 18 heavy (non-hydrogen) atoms. The van der Waals surface area contributed by atoms with Gasteiger partial charge in [-0.25, -0.2) is 0 Å². The number of amides is 1. The number of nitrogens with one attached hydrogen (secondary N) is 1. The van der Waals surface area contributed by atoms with Crippen LogP contribution in [-0.4, -0.2) is 39.7 Å². The van der Waals surface area contributed by atoms with Crippen molar-refractivity contribution < 1.29 is 9.59 Å². The van der Waals surface area contributed by atoms with E-state index < -0.39 is 5.66 Å². The number of carbonyl (C=O) groups is 2. The molecule has 4 nitrogen and oxygen atoms in total. The number of hydrogen-bond donors (Lipinski definition) is 1. The van der Waals surface area contributed by atoms with Crippen LogP contribution in [0.25, 0.3) is 0 Å². The molecule has 0 radical (unpaired) electrons. The number of carbonyl (C=O) groups excluding carboxylic acids is 2. The molecular weight excluding hydrogens is 252 g/mol. The number of halogens is 1. The van der Waals surface area contributed by atoms with E-state index >= 15 is 0 Å². The Morgan fingerprint density at radius 1 is 1.50 bits per heavy atom. The monoisotopic (exact) mass is 272 g/mol. The summed E-state index contributed by atoms with van der Waals surface area (Å²) in [6.07, 6.45) is 2.91. The minimum Gasteiger partial charge on any atom is -0.315 e. The Labute approximate surface area is 113 Å². The molecule has 1 amide bonds. The van der Waals surface area contributed by atoms with E-state index in [9.17, 15) is 9.59 Å². The van der Waals surface area contributed by atoms with Gasteiger partial charge >= 0.3 is 0 Å². The molecule has 2 atom stereocenters. The van der Waals surface area contributed by atoms with Gasteiger partial charge in [-0.2, -0.15) is 0 Å². The van der Waals surface area contributed by atoms with Gasteiger partial charge < -0.3 is 4.90 Å². The summed E-state index contributed by atoms with van der Waals surface area (Å²) in [7, 11) is 0. The zero-order valence-electron chi connectivity index (χ0n) is 11.3. The first-order chi connectivity index (χ1) is 8.29. The van der Waals surface area contributed by atoms with Crippen LogP contribution in [-0.2, 0) is 9.59 Å². The molecule has 2 saturated heterocycles. The number of nitrogens with zero attached hydrogens (tertiary/aromatic N) is 1. The van der Waals surface area contributed by atoms with Gasteiger partial charge in [-0.1, -0.05) is 0 Å². The van der Waals surface area contributed by atoms with Gasteiger partial charge in [0.25, 0.3) is 0 Å². The van der Waals surface area contributed by atoms with Crippen LogP contribution < -0.4 is 5.32 Å². The van der Waals surface area contributed by atoms with Gasteiger partial charge in [0.1, 0.15) is 0 Å². The fourth-order valence-electron chi connectivity index (χ4n) is 3.44. The van der Waals surface area contributed by atoms with Gasteiger partial charge in [0.05, 0.1) is 17.6 Å². The Bertz CT molecular complexity index is 383. The largest absolute Gasteiger partial charge is 0.315 e. The molecule has 0 aliphatic carbocycles. The summed E-state index contributed by atoms with van der Waals surface area (Å²) in [5.41, 5.74) is -0.571. The number of alkyl halides is 1. The molecule has 2 unspecified atom stereocenters. The predicted octanol–water partition coefficient (Wildman–Crippen LogP) is 1.66. The van der Waals surface area contributed by atoms with Crippen molar-refractivity contribution in [2.75, 3.05) is 5.88 Å². The number of Topliss-reactive ketones (excluding diaryl/α,β-unsaturated/α-hetero) is 1. The van der Waals surface area contributed by atoms with Crippen molar-refractivity contribution in [1.82, 2.24) is 10.2 Å². The molecule has 0 aromatic carbocycles. The van der Waals surface area contributed by atoms with Crippen LogP contribution in [0.4, 0.5) is 0 Å². The lowest BCUT2D eigenvalue weighted by Crippen LogP contribution is -2.74. The zero-order valence-corrected chi connectivity index (χ0v) is 12.0. The molecule has 0 saturated carbocycles. The first-order valence-electron chi connectivity index (χ1n) is 6.49. The van der Waals surface area contributed by atoms with Gasteiger partial charge in [-0.15, -0.1) is 11.6 Å². The Hall–Kier alpha value is -0.610. The molecule has 0 spiro atoms. The molecule has 2 rings (SSSR count). The molecule has 5 heteroatoms. The molecule has 2 fully saturated rings. The van der Waals surface area contributed by atoms with Gasteiger partial charge in [0.2, 0.25) is 5.91 Å². The molecule has 0 aromatic rings. The van der Waals surface area contributed by atoms with Crippen LogP contribution in [0.2, 0.25) is 0 Å². The van der Waals surface area contributed by atoms with Crippen molar-refractivity contribution in [3.8, 4) is 0 Å². The fourth-order valence-corrected chi connectivity index (χ4v) is 3.62. The van der Waals surface area contributed by atoms with E-state index in [4.69, 9.17) is 11.6 Å². The van der Waals surface area contributed by atoms with Crippen LogP contribution in [0.5, 0.6) is 0 Å². The third-order valence-corrected chi connectivity index (χ3v) is 4.24. The maximum Gasteiger partial charge on any atom is 0.224 e. The molecule has 1 N–H and O–H groups in total. The van der Waals surface area contributed by atoms with Gasteiger partial charge in [-0.3, -0.25) is 14.9 Å². The van der Waals surface area contributed by atoms with Crippen molar-refractivity contribution in [3.63, 3.8) is 0 Å². The van der Waals surface area contributed by atoms with Gasteiger partial charge in [0, 0.05) is 12.0 Å². The molecule has 2 heterocycles. The van der Waals surface area contributed by atoms with Crippen LogP contribution >= 0.6 is 11.6 Å². The average molecular weight is 273 g/mol. The maximum absolute atomic E-state index is 12.2. The van der Waals surface area contributed by atoms with E-state index in [0.29, 0.717) is 12.8 Å². The molecule has 0 aromatic heterocycles. The molecular formula is C13H21ClN2O2. The van der Waals surface area contributed by atoms with Crippen molar-refractivity contribution in [2.24, 2.45) is 0 Å². The molecule has 102 valence electrons. The Balaban J connectivity index is 2.37. The first kappa shape index (κ1) is 13.8. The molecule has 2 aliphatic heterocycles. The van der Waals surface area contributed by atoms with Crippen LogP contribution in [0.1, 0.15) is 46.5 Å². The number of fused-ring (bicyclic) bond motifs is 1. The lowest BCUT2D eigenvalue weighted by molar-refractivity contribution is -0.161. The van der Waals surface area contributed by atoms with Gasteiger partial charge in [-0.05, 0) is 40.0 Å². The van der Waals surface area contributed by atoms with E-state index in [2.05, 4.69) is 19.2 Å². The second kappa shape index (κ2) is 4.49. The number of ketones is 1. The Morgan fingerprint density at radius 2 is 2.17 bits per heavy atom. The summed E-state index contributed by atoms with van der Waals surface area (Å²) >= 11 is 5.69. The van der Waals surface area contributed by atoms with Crippen molar-refractivity contribution in [2.45, 2.75) is 63.7 Å². The van der Waals surface area contributed by atoms with Gasteiger partial charge in [0.15, 0.2) is 5.78 Å². The van der Waals surface area contributed by atoms with Crippen LogP contribution in [0, 0.1) is 0 Å². The van der Waals surface area contributed by atoms with E-state index in [1.807, 2.05) is 6.92 Å². The Kier molecular flexibility index (Phi) is 3.45. The molecule has 0 bridgehead atoms. The minimum absolute atomic E-state index is 0.0272. The van der Waals surface area contributed by atoms with E-state index in [1.165, 1.54) is 0 Å². The van der Waals surface area contributed by atoms with E-state index in [0.717, 1.165) is 12.8 Å². The topological polar surface area (TPSA) is 49.4 Å². The lowest BCUT2D eigenvalue weighted by atomic mass is 9.81. The lowest BCUT2D eigenvalue weighted by Gasteiger charge is -2.57. The highest BCUT2D eigenvalue weighted by Gasteiger charge is 2.51. The van der Waals surface area contributed by atoms with Crippen molar-refractivity contribution in [3.05, 3.63) is 0 Å². The fraction of sp³-hybridized carbons (Fsp3) is 0.846. The summed E-state index contributed by atoms with van der Waals surface area (Å²) in [5.74, 6) is -0.0106. The quantitative estimate of drug-likeness (QED) is 0.778. The highest BCUT2D eigenvalue weighted by Crippen LogP contribution is 2.37. The standard InChI is InChI=1S/C13H21ClN2O2/c1-12(2)7-9(10(17)8-14)16-11(18)5-4-6-13(16,3)15-12/h9,15H,4-8H2,1-3H3. The average Bonchev–Trinajstić information content (AvgIpc) is 2.24. The number of piperidine rings is 1. The highest BCUT2D eigenvalue weighted by molar-refractivity contribution is 6.28. The molecule has 2 aliphatic rings. The summed E-state index contributed by atoms with van der Waals surface area (Å²) in [4.78, 5) is 26.0. The third kappa shape index (κ3) is 2.28. The number of rotatable bonds is 2. The van der Waals surface area contributed by atoms with E-state index in [1.54, 1.807) is 4.90 Å². The summed E-state index contributed by atoms with van der Waals surface area (Å²) in [6.45, 7) is 6.16. The summed E-state index contributed by atoms with van der Waals surface area (Å²) in [6, 6.07) is -0.378. The summed E-state index contributed by atoms with van der Waals surface area (Å²) in [5, 5.41) is 3.52. The van der Waals surface area contributed by atoms with E-state index in [-0.39, 0.29) is 29.2 Å². The zero-order chi connectivity index (χ0) is 13.6. The highest BCUT2D eigenvalue weighted by atomic mass is 35.5. The maximum atomic E-state index is 12.2. The van der Waals surface area contributed by atoms with Crippen molar-refractivity contribution in [1.29, 1.82) is 0 Å². The predicted molar refractivity (Wildman–Crippen MR) is 70.4 cm³/mol. The minimum atomic E-state index is -0.413. The number of hydrogen-bond acceptors (Lipinski definition) is 3.